The van der Waals surface area contributed by atoms with E-state index in [1.54, 1.807) is 28.4 Å². The molecule has 1 amide bonds. The van der Waals surface area contributed by atoms with Crippen LogP contribution in [0.4, 0.5) is 14.5 Å². The molecule has 1 aliphatic heterocycles. The molecular weight excluding hydrogens is 440 g/mol. The average Bonchev–Trinajstić information content (AvgIpc) is 3.20. The summed E-state index contributed by atoms with van der Waals surface area (Å²) in [4.78, 5) is 19.8. The van der Waals surface area contributed by atoms with Gasteiger partial charge in [-0.15, -0.1) is 11.3 Å². The Balaban J connectivity index is 1.34. The molecule has 3 aromatic rings. The first kappa shape index (κ1) is 22.0. The lowest BCUT2D eigenvalue weighted by atomic mass is 9.86. The van der Waals surface area contributed by atoms with Crippen molar-refractivity contribution in [2.45, 2.75) is 42.6 Å². The Morgan fingerprint density at radius 3 is 2.65 bits per heavy atom. The second-order valence-corrected chi connectivity index (χ2v) is 9.73. The van der Waals surface area contributed by atoms with Crippen LogP contribution in [0.1, 0.15) is 36.5 Å². The number of alkyl halides is 2. The van der Waals surface area contributed by atoms with Gasteiger partial charge >= 0.3 is 0 Å². The highest BCUT2D eigenvalue weighted by atomic mass is 32.2. The molecule has 31 heavy (non-hydrogen) atoms. The van der Waals surface area contributed by atoms with Gasteiger partial charge in [-0.1, -0.05) is 6.07 Å². The molecule has 0 aliphatic carbocycles. The summed E-state index contributed by atoms with van der Waals surface area (Å²) in [7, 11) is 0. The number of anilines is 1. The number of amides is 1. The van der Waals surface area contributed by atoms with Crippen molar-refractivity contribution in [3.8, 4) is 0 Å². The summed E-state index contributed by atoms with van der Waals surface area (Å²) in [6, 6.07) is 13.2. The molecule has 0 unspecified atom stereocenters. The Bertz CT molecular complexity index is 1060. The Morgan fingerprint density at radius 1 is 1.26 bits per heavy atom. The van der Waals surface area contributed by atoms with Crippen molar-refractivity contribution in [1.82, 2.24) is 9.88 Å². The first-order valence-corrected chi connectivity index (χ1v) is 11.7. The van der Waals surface area contributed by atoms with Crippen molar-refractivity contribution in [1.29, 1.82) is 0 Å². The zero-order chi connectivity index (χ0) is 22.1. The Kier molecular flexibility index (Phi) is 6.18. The first-order valence-electron chi connectivity index (χ1n) is 9.97. The summed E-state index contributed by atoms with van der Waals surface area (Å²) < 4.78 is 31.0. The Labute approximate surface area is 187 Å². The highest BCUT2D eigenvalue weighted by Crippen LogP contribution is 2.34. The molecule has 0 atom stereocenters. The number of aliphatic hydroxyl groups is 1. The molecule has 0 saturated carbocycles. The van der Waals surface area contributed by atoms with Gasteiger partial charge in [-0.2, -0.15) is 0 Å². The fraction of sp³-hybridized carbons (Fsp3) is 0.364. The summed E-state index contributed by atoms with van der Waals surface area (Å²) in [5.41, 5.74) is 2.75. The van der Waals surface area contributed by atoms with Crippen LogP contribution in [-0.2, 0) is 0 Å². The number of carbonyl (C=O) groups is 1. The number of likely N-dealkylation sites (tertiary alicyclic amines) is 1. The van der Waals surface area contributed by atoms with E-state index in [4.69, 9.17) is 0 Å². The molecule has 1 saturated heterocycles. The highest BCUT2D eigenvalue weighted by Gasteiger charge is 2.40. The topological polar surface area (TPSA) is 65.5 Å². The number of hydrogen-bond donors (Lipinski definition) is 2. The number of rotatable bonds is 6. The second-order valence-electron chi connectivity index (χ2n) is 8.00. The Morgan fingerprint density at radius 2 is 1.97 bits per heavy atom. The van der Waals surface area contributed by atoms with Crippen molar-refractivity contribution < 1.29 is 18.7 Å². The number of benzene rings is 2. The number of para-hydroxylation sites is 1. The number of halogens is 2. The van der Waals surface area contributed by atoms with Crippen molar-refractivity contribution in [3.05, 3.63) is 53.5 Å². The van der Waals surface area contributed by atoms with Crippen LogP contribution in [0.2, 0.25) is 0 Å². The number of carbonyl (C=O) groups excluding carboxylic acids is 1. The molecule has 164 valence electrons. The third-order valence-electron chi connectivity index (χ3n) is 5.35. The molecule has 0 spiro atoms. The summed E-state index contributed by atoms with van der Waals surface area (Å²) in [5, 5.41) is 10.4. The summed E-state index contributed by atoms with van der Waals surface area (Å²) in [6.45, 7) is 1.34. The van der Waals surface area contributed by atoms with E-state index < -0.39 is 17.9 Å². The zero-order valence-electron chi connectivity index (χ0n) is 17.0. The van der Waals surface area contributed by atoms with Crippen LogP contribution in [0.5, 0.6) is 0 Å². The molecular formula is C22H23F2N3O2S2. The minimum absolute atomic E-state index is 0.153. The van der Waals surface area contributed by atoms with Gasteiger partial charge in [-0.05, 0) is 68.1 Å². The Hall–Kier alpha value is -2.23. The van der Waals surface area contributed by atoms with Crippen molar-refractivity contribution in [3.63, 3.8) is 0 Å². The molecule has 2 N–H and O–H groups in total. The average molecular weight is 464 g/mol. The van der Waals surface area contributed by atoms with E-state index in [1.165, 1.54) is 11.9 Å². The molecule has 2 heterocycles. The minimum Gasteiger partial charge on any atom is -0.390 e. The lowest BCUT2D eigenvalue weighted by Crippen LogP contribution is -2.48. The number of hydrogen-bond acceptors (Lipinski definition) is 6. The molecule has 9 heteroatoms. The van der Waals surface area contributed by atoms with Crippen molar-refractivity contribution in [2.24, 2.45) is 0 Å². The van der Waals surface area contributed by atoms with Crippen LogP contribution < -0.4 is 4.72 Å². The number of nitrogens with one attached hydrogen (secondary N) is 1. The summed E-state index contributed by atoms with van der Waals surface area (Å²) >= 11 is 3.06. The quantitative estimate of drug-likeness (QED) is 0.478. The van der Waals surface area contributed by atoms with Crippen molar-refractivity contribution in [2.75, 3.05) is 17.8 Å². The number of thiazole rings is 1. The first-order chi connectivity index (χ1) is 14.7. The van der Waals surface area contributed by atoms with Crippen LogP contribution >= 0.6 is 23.3 Å². The van der Waals surface area contributed by atoms with E-state index in [1.807, 2.05) is 35.8 Å². The maximum atomic E-state index is 13.3. The normalized spacial score (nSPS) is 16.5. The molecule has 5 nitrogen and oxygen atoms in total. The van der Waals surface area contributed by atoms with Crippen LogP contribution in [0.25, 0.3) is 10.2 Å². The van der Waals surface area contributed by atoms with E-state index >= 15 is 0 Å². The van der Waals surface area contributed by atoms with Crippen LogP contribution in [0, 0.1) is 0 Å². The van der Waals surface area contributed by atoms with E-state index in [9.17, 15) is 18.7 Å². The summed E-state index contributed by atoms with van der Waals surface area (Å²) in [6.07, 6.45) is -0.268. The van der Waals surface area contributed by atoms with E-state index in [0.29, 0.717) is 5.56 Å². The van der Waals surface area contributed by atoms with E-state index in [2.05, 4.69) is 9.71 Å². The van der Waals surface area contributed by atoms with Crippen LogP contribution in [-0.4, -0.2) is 45.5 Å². The minimum atomic E-state index is -2.92. The molecule has 1 fully saturated rings. The molecule has 1 aliphatic rings. The molecule has 4 rings (SSSR count). The number of aromatic nitrogens is 1. The second kappa shape index (κ2) is 8.72. The number of nitrogens with zero attached hydrogens (tertiary/aromatic N) is 2. The van der Waals surface area contributed by atoms with Gasteiger partial charge in [0.2, 0.25) is 5.92 Å². The third-order valence-corrected chi connectivity index (χ3v) is 7.04. The summed E-state index contributed by atoms with van der Waals surface area (Å²) in [5.74, 6) is -3.08. The fourth-order valence-corrected chi connectivity index (χ4v) is 5.34. The maximum Gasteiger partial charge on any atom is 0.253 e. The SMILES string of the molecule is CC(F)(F)CC1(O)CCN(C(=O)c2ccc(NSc3cccc4scnc34)cc2)CC1. The standard InChI is InChI=1S/C22H23F2N3O2S2/c1-21(23,24)13-22(29)9-11-27(12-10-22)20(28)15-5-7-16(8-6-15)26-31-18-4-2-3-17-19(18)25-14-30-17/h2-8,14,26,29H,9-13H2,1H3. The van der Waals surface area contributed by atoms with Crippen LogP contribution in [0.3, 0.4) is 0 Å². The number of fused-ring (bicyclic) bond motifs is 1. The lowest BCUT2D eigenvalue weighted by Gasteiger charge is -2.39. The fourth-order valence-electron chi connectivity index (χ4n) is 3.80. The van der Waals surface area contributed by atoms with Crippen molar-refractivity contribution >= 4 is 45.1 Å². The largest absolute Gasteiger partial charge is 0.390 e. The molecule has 0 radical (unpaired) electrons. The maximum absolute atomic E-state index is 13.3. The van der Waals surface area contributed by atoms with Gasteiger partial charge in [0.05, 0.1) is 26.2 Å². The van der Waals surface area contributed by atoms with Crippen LogP contribution in [0.15, 0.2) is 52.9 Å². The molecule has 1 aromatic heterocycles. The van der Waals surface area contributed by atoms with Gasteiger partial charge in [0.25, 0.3) is 5.91 Å². The van der Waals surface area contributed by atoms with Gasteiger partial charge in [-0.3, -0.25) is 4.79 Å². The predicted molar refractivity (Wildman–Crippen MR) is 121 cm³/mol. The highest BCUT2D eigenvalue weighted by molar-refractivity contribution is 8.00. The van der Waals surface area contributed by atoms with Gasteiger partial charge in [-0.25, -0.2) is 13.8 Å². The molecule has 2 aromatic carbocycles. The molecule has 0 bridgehead atoms. The number of piperidine rings is 1. The predicted octanol–water partition coefficient (Wildman–Crippen LogP) is 5.43. The smallest absolute Gasteiger partial charge is 0.253 e. The zero-order valence-corrected chi connectivity index (χ0v) is 18.6. The third kappa shape index (κ3) is 5.34. The van der Waals surface area contributed by atoms with E-state index in [0.717, 1.165) is 27.7 Å². The monoisotopic (exact) mass is 463 g/mol. The van der Waals surface area contributed by atoms with Gasteiger partial charge in [0.1, 0.15) is 0 Å². The van der Waals surface area contributed by atoms with Gasteiger partial charge in [0, 0.05) is 30.8 Å². The lowest BCUT2D eigenvalue weighted by molar-refractivity contribution is -0.0984. The van der Waals surface area contributed by atoms with E-state index in [-0.39, 0.29) is 31.8 Å². The van der Waals surface area contributed by atoms with Gasteiger partial charge in [0.15, 0.2) is 0 Å². The van der Waals surface area contributed by atoms with Gasteiger partial charge < -0.3 is 14.7 Å².